The predicted octanol–water partition coefficient (Wildman–Crippen LogP) is 14.0. The molecule has 0 saturated carbocycles. The molecule has 0 amide bonds. The maximum absolute atomic E-state index is 9.57. The maximum atomic E-state index is 9.57. The Balaban J connectivity index is 1.04. The first-order valence-electron chi connectivity index (χ1n) is 19.6. The lowest BCUT2D eigenvalue weighted by Crippen LogP contribution is -2.00. The van der Waals surface area contributed by atoms with Gasteiger partial charge in [0.1, 0.15) is 11.2 Å². The molecule has 0 aliphatic carbocycles. The van der Waals surface area contributed by atoms with Crippen LogP contribution in [0.15, 0.2) is 199 Å². The SMILES string of the molecule is N#Cc1cccc(-c2cccc(-c3nc(-c4ccc5c(ccc6ccccc65)c4)nc(-c4ccc5c(c4)oc4cccc(-c6ccc(-c7ccccc7)cc6)c45)n3)c2)c1. The van der Waals surface area contributed by atoms with Crippen LogP contribution in [-0.4, -0.2) is 15.0 Å². The van der Waals surface area contributed by atoms with Crippen LogP contribution in [0.3, 0.4) is 0 Å². The van der Waals surface area contributed by atoms with Gasteiger partial charge in [-0.1, -0.05) is 152 Å². The second kappa shape index (κ2) is 14.1. The quantitative estimate of drug-likeness (QED) is 0.158. The van der Waals surface area contributed by atoms with Gasteiger partial charge in [0.05, 0.1) is 11.6 Å². The molecule has 0 bridgehead atoms. The van der Waals surface area contributed by atoms with Gasteiger partial charge in [-0.05, 0) is 97.4 Å². The van der Waals surface area contributed by atoms with Crippen LogP contribution in [0.25, 0.3) is 111 Å². The fourth-order valence-corrected chi connectivity index (χ4v) is 8.20. The Morgan fingerprint density at radius 2 is 0.915 bits per heavy atom. The number of benzene rings is 9. The van der Waals surface area contributed by atoms with Crippen LogP contribution in [0.5, 0.6) is 0 Å². The topological polar surface area (TPSA) is 75.6 Å². The molecule has 0 saturated heterocycles. The summed E-state index contributed by atoms with van der Waals surface area (Å²) in [4.78, 5) is 15.4. The fraction of sp³-hybridized carbons (Fsp3) is 0. The molecule has 9 aromatic carbocycles. The summed E-state index contributed by atoms with van der Waals surface area (Å²) >= 11 is 0. The van der Waals surface area contributed by atoms with E-state index in [9.17, 15) is 5.26 Å². The van der Waals surface area contributed by atoms with Gasteiger partial charge in [0.2, 0.25) is 0 Å². The van der Waals surface area contributed by atoms with E-state index in [1.54, 1.807) is 0 Å². The van der Waals surface area contributed by atoms with Crippen LogP contribution >= 0.6 is 0 Å². The van der Waals surface area contributed by atoms with Gasteiger partial charge in [0.15, 0.2) is 17.5 Å². The molecule has 0 fully saturated rings. The Bertz CT molecular complexity index is 3450. The molecule has 0 aliphatic rings. The average molecular weight is 753 g/mol. The van der Waals surface area contributed by atoms with Gasteiger partial charge in [-0.25, -0.2) is 15.0 Å². The molecule has 0 spiro atoms. The number of nitrogens with zero attached hydrogens (tertiary/aromatic N) is 4. The lowest BCUT2D eigenvalue weighted by Gasteiger charge is -2.11. The fourth-order valence-electron chi connectivity index (χ4n) is 8.20. The smallest absolute Gasteiger partial charge is 0.164 e. The zero-order valence-corrected chi connectivity index (χ0v) is 31.7. The highest BCUT2D eigenvalue weighted by molar-refractivity contribution is 6.13. The number of rotatable bonds is 6. The number of nitriles is 1. The minimum atomic E-state index is 0.541. The molecule has 5 nitrogen and oxygen atoms in total. The summed E-state index contributed by atoms with van der Waals surface area (Å²) in [5.74, 6) is 1.66. The Kier molecular flexibility index (Phi) is 8.13. The van der Waals surface area contributed by atoms with Gasteiger partial charge in [-0.2, -0.15) is 5.26 Å². The molecule has 5 heteroatoms. The summed E-state index contributed by atoms with van der Waals surface area (Å²) in [6, 6.07) is 68.8. The van der Waals surface area contributed by atoms with E-state index >= 15 is 0 Å². The van der Waals surface area contributed by atoms with Crippen LogP contribution < -0.4 is 0 Å². The molecule has 0 N–H and O–H groups in total. The third-order valence-corrected chi connectivity index (χ3v) is 11.1. The Hall–Kier alpha value is -8.20. The lowest BCUT2D eigenvalue weighted by atomic mass is 9.96. The molecule has 2 aromatic heterocycles. The van der Waals surface area contributed by atoms with Crippen LogP contribution in [0.2, 0.25) is 0 Å². The lowest BCUT2D eigenvalue weighted by molar-refractivity contribution is 0.669. The van der Waals surface area contributed by atoms with Gasteiger partial charge < -0.3 is 4.42 Å². The van der Waals surface area contributed by atoms with E-state index < -0.39 is 0 Å². The summed E-state index contributed by atoms with van der Waals surface area (Å²) in [5.41, 5.74) is 11.3. The second-order valence-electron chi connectivity index (χ2n) is 14.7. The second-order valence-corrected chi connectivity index (χ2v) is 14.7. The van der Waals surface area contributed by atoms with Gasteiger partial charge in [-0.15, -0.1) is 0 Å². The Morgan fingerprint density at radius 1 is 0.356 bits per heavy atom. The van der Waals surface area contributed by atoms with Crippen molar-refractivity contribution in [2.75, 3.05) is 0 Å². The predicted molar refractivity (Wildman–Crippen MR) is 239 cm³/mol. The molecule has 0 atom stereocenters. The molecule has 59 heavy (non-hydrogen) atoms. The van der Waals surface area contributed by atoms with Gasteiger partial charge in [0.25, 0.3) is 0 Å². The highest BCUT2D eigenvalue weighted by Gasteiger charge is 2.18. The van der Waals surface area contributed by atoms with Crippen molar-refractivity contribution >= 4 is 43.5 Å². The van der Waals surface area contributed by atoms with Crippen molar-refractivity contribution in [2.24, 2.45) is 0 Å². The largest absolute Gasteiger partial charge is 0.456 e. The number of fused-ring (bicyclic) bond motifs is 6. The normalized spacial score (nSPS) is 11.4. The van der Waals surface area contributed by atoms with E-state index in [1.807, 2.05) is 66.7 Å². The molecular formula is C54H32N4O. The van der Waals surface area contributed by atoms with E-state index in [2.05, 4.69) is 133 Å². The van der Waals surface area contributed by atoms with Crippen molar-refractivity contribution in [3.8, 4) is 73.6 Å². The molecule has 11 rings (SSSR count). The van der Waals surface area contributed by atoms with Crippen molar-refractivity contribution < 1.29 is 4.42 Å². The third-order valence-electron chi connectivity index (χ3n) is 11.1. The molecule has 274 valence electrons. The standard InChI is InChI=1S/C54H32N4O/c55-33-34-9-6-13-39(29-34)40-14-7-15-42(30-40)52-56-53(43-25-27-46-41(31-43)24-23-37-12-4-5-16-45(37)46)58-54(57-52)44-26-28-48-50(32-44)59-49-18-8-17-47(51(48)49)38-21-19-36(20-22-38)35-10-2-1-3-11-35/h1-32H. The first kappa shape index (κ1) is 34.1. The van der Waals surface area contributed by atoms with Crippen molar-refractivity contribution in [3.63, 3.8) is 0 Å². The highest BCUT2D eigenvalue weighted by Crippen LogP contribution is 2.39. The average Bonchev–Trinajstić information content (AvgIpc) is 3.70. The number of aromatic nitrogens is 3. The molecule has 11 aromatic rings. The zero-order chi connectivity index (χ0) is 39.3. The van der Waals surface area contributed by atoms with Crippen molar-refractivity contribution in [1.82, 2.24) is 15.0 Å². The van der Waals surface area contributed by atoms with E-state index in [1.165, 1.54) is 27.3 Å². The summed E-state index contributed by atoms with van der Waals surface area (Å²) in [7, 11) is 0. The molecule has 0 radical (unpaired) electrons. The van der Waals surface area contributed by atoms with Gasteiger partial charge in [0, 0.05) is 27.5 Å². The van der Waals surface area contributed by atoms with E-state index in [4.69, 9.17) is 19.4 Å². The first-order valence-corrected chi connectivity index (χ1v) is 19.6. The van der Waals surface area contributed by atoms with Crippen LogP contribution in [0.1, 0.15) is 5.56 Å². The summed E-state index contributed by atoms with van der Waals surface area (Å²) < 4.78 is 6.57. The number of furan rings is 1. The first-order chi connectivity index (χ1) is 29.1. The van der Waals surface area contributed by atoms with Crippen molar-refractivity contribution in [2.45, 2.75) is 0 Å². The minimum Gasteiger partial charge on any atom is -0.456 e. The molecule has 0 aliphatic heterocycles. The summed E-state index contributed by atoms with van der Waals surface area (Å²) in [5, 5.41) is 16.4. The van der Waals surface area contributed by atoms with Crippen LogP contribution in [0, 0.1) is 11.3 Å². The highest BCUT2D eigenvalue weighted by atomic mass is 16.3. The third kappa shape index (κ3) is 6.17. The van der Waals surface area contributed by atoms with Crippen LogP contribution in [-0.2, 0) is 0 Å². The van der Waals surface area contributed by atoms with E-state index in [0.717, 1.165) is 66.3 Å². The van der Waals surface area contributed by atoms with Crippen LogP contribution in [0.4, 0.5) is 0 Å². The number of hydrogen-bond donors (Lipinski definition) is 0. The summed E-state index contributed by atoms with van der Waals surface area (Å²) in [6.07, 6.45) is 0. The minimum absolute atomic E-state index is 0.541. The molecular weight excluding hydrogens is 721 g/mol. The monoisotopic (exact) mass is 752 g/mol. The van der Waals surface area contributed by atoms with Gasteiger partial charge in [-0.3, -0.25) is 0 Å². The Labute approximate surface area is 340 Å². The van der Waals surface area contributed by atoms with Gasteiger partial charge >= 0.3 is 0 Å². The maximum Gasteiger partial charge on any atom is 0.164 e. The van der Waals surface area contributed by atoms with E-state index in [0.29, 0.717) is 23.0 Å². The molecule has 2 heterocycles. The van der Waals surface area contributed by atoms with Crippen molar-refractivity contribution in [1.29, 1.82) is 5.26 Å². The summed E-state index contributed by atoms with van der Waals surface area (Å²) in [6.45, 7) is 0. The zero-order valence-electron chi connectivity index (χ0n) is 31.7. The van der Waals surface area contributed by atoms with E-state index in [-0.39, 0.29) is 0 Å². The van der Waals surface area contributed by atoms with Crippen molar-refractivity contribution in [3.05, 3.63) is 200 Å². The number of hydrogen-bond acceptors (Lipinski definition) is 5. The molecule has 0 unspecified atom stereocenters. The Morgan fingerprint density at radius 3 is 1.71 bits per heavy atom.